The number of hydrogen-bond donors (Lipinski definition) is 2. The van der Waals surface area contributed by atoms with E-state index >= 15 is 0 Å². The Hall–Kier alpha value is -1.90. The molecule has 0 bridgehead atoms. The van der Waals surface area contributed by atoms with Crippen LogP contribution in [0.5, 0.6) is 0 Å². The maximum absolute atomic E-state index is 12.5. The number of benzene rings is 1. The Labute approximate surface area is 146 Å². The second-order valence-electron chi connectivity index (χ2n) is 4.65. The van der Waals surface area contributed by atoms with Crippen molar-refractivity contribution in [3.05, 3.63) is 51.1 Å². The third-order valence-electron chi connectivity index (χ3n) is 3.07. The molecule has 1 heterocycles. The summed E-state index contributed by atoms with van der Waals surface area (Å²) in [5.74, 6) is -0.383. The van der Waals surface area contributed by atoms with E-state index in [1.807, 2.05) is 29.6 Å². The van der Waals surface area contributed by atoms with Crippen LogP contribution in [0.2, 0.25) is 0 Å². The van der Waals surface area contributed by atoms with E-state index in [0.29, 0.717) is 17.3 Å². The molecule has 0 saturated carbocycles. The van der Waals surface area contributed by atoms with Gasteiger partial charge in [-0.15, -0.1) is 11.3 Å². The molecule has 0 spiro atoms. The highest BCUT2D eigenvalue weighted by Gasteiger charge is 2.21. The molecule has 0 unspecified atom stereocenters. The van der Waals surface area contributed by atoms with E-state index in [0.717, 1.165) is 9.35 Å². The van der Waals surface area contributed by atoms with Crippen LogP contribution in [0.25, 0.3) is 0 Å². The van der Waals surface area contributed by atoms with Crippen molar-refractivity contribution in [3.63, 3.8) is 0 Å². The molecular weight excluding hydrogens is 382 g/mol. The Balaban J connectivity index is 2.20. The van der Waals surface area contributed by atoms with Crippen molar-refractivity contribution in [3.8, 4) is 0 Å². The van der Waals surface area contributed by atoms with E-state index in [1.54, 1.807) is 12.1 Å². The molecule has 6 nitrogen and oxygen atoms in total. The van der Waals surface area contributed by atoms with Gasteiger partial charge in [0.2, 0.25) is 5.91 Å². The van der Waals surface area contributed by atoms with Gasteiger partial charge in [0.25, 0.3) is 0 Å². The Morgan fingerprint density at radius 2 is 1.96 bits per heavy atom. The maximum atomic E-state index is 12.5. The first kappa shape index (κ1) is 17.5. The predicted octanol–water partition coefficient (Wildman–Crippen LogP) is 3.07. The van der Waals surface area contributed by atoms with Gasteiger partial charge in [0.05, 0.1) is 6.54 Å². The van der Waals surface area contributed by atoms with Gasteiger partial charge in [0.1, 0.15) is 6.54 Å². The lowest BCUT2D eigenvalue weighted by atomic mass is 10.2. The van der Waals surface area contributed by atoms with Crippen LogP contribution in [0.3, 0.4) is 0 Å². The first-order valence-electron chi connectivity index (χ1n) is 6.77. The summed E-state index contributed by atoms with van der Waals surface area (Å²) in [5.41, 5.74) is 0.692. The van der Waals surface area contributed by atoms with Gasteiger partial charge in [-0.1, -0.05) is 22.0 Å². The lowest BCUT2D eigenvalue weighted by molar-refractivity contribution is -0.127. The molecule has 0 radical (unpaired) electrons. The van der Waals surface area contributed by atoms with Gasteiger partial charge in [0, 0.05) is 22.1 Å². The zero-order valence-corrected chi connectivity index (χ0v) is 14.8. The summed E-state index contributed by atoms with van der Waals surface area (Å²) >= 11 is 4.90. The fourth-order valence-corrected chi connectivity index (χ4v) is 2.87. The van der Waals surface area contributed by atoms with Crippen molar-refractivity contribution in [2.24, 2.45) is 0 Å². The number of carbonyl (C=O) groups excluding carboxylic acids is 2. The predicted molar refractivity (Wildman–Crippen MR) is 92.6 cm³/mol. The number of nitrogens with one attached hydrogen (secondary N) is 1. The van der Waals surface area contributed by atoms with Crippen LogP contribution < -0.4 is 10.2 Å². The van der Waals surface area contributed by atoms with Crippen LogP contribution in [-0.2, 0) is 11.3 Å². The highest BCUT2D eigenvalue weighted by atomic mass is 79.9. The normalized spacial score (nSPS) is 10.2. The van der Waals surface area contributed by atoms with Crippen LogP contribution in [0, 0.1) is 0 Å². The van der Waals surface area contributed by atoms with Gasteiger partial charge < -0.3 is 10.2 Å². The number of rotatable bonds is 5. The molecule has 1 aromatic carbocycles. The minimum atomic E-state index is -0.731. The van der Waals surface area contributed by atoms with E-state index in [1.165, 1.54) is 23.3 Å². The van der Waals surface area contributed by atoms with E-state index in [4.69, 9.17) is 0 Å². The molecule has 2 N–H and O–H groups in total. The highest BCUT2D eigenvalue weighted by molar-refractivity contribution is 9.10. The molecule has 1 aromatic heterocycles. The van der Waals surface area contributed by atoms with Crippen LogP contribution >= 0.6 is 27.3 Å². The first-order valence-corrected chi connectivity index (χ1v) is 8.45. The number of hydroxylamine groups is 2. The Kier molecular flexibility index (Phi) is 6.14. The monoisotopic (exact) mass is 397 g/mol. The summed E-state index contributed by atoms with van der Waals surface area (Å²) in [7, 11) is 1.38. The highest BCUT2D eigenvalue weighted by Crippen LogP contribution is 2.22. The van der Waals surface area contributed by atoms with Crippen molar-refractivity contribution in [2.45, 2.75) is 6.54 Å². The van der Waals surface area contributed by atoms with Crippen molar-refractivity contribution < 1.29 is 14.8 Å². The number of hydrogen-bond acceptors (Lipinski definition) is 4. The second kappa shape index (κ2) is 8.09. The fraction of sp³-hybridized carbons (Fsp3) is 0.200. The average Bonchev–Trinajstić information content (AvgIpc) is 3.05. The van der Waals surface area contributed by atoms with E-state index in [9.17, 15) is 14.8 Å². The standard InChI is InChI=1S/C15H16BrN3O3S/c1-17-15(21)19(22)10-14(20)18(9-13-3-2-8-23-13)12-6-4-11(16)5-7-12/h2-8,22H,9-10H2,1H3,(H,17,21). The summed E-state index contributed by atoms with van der Waals surface area (Å²) in [6.45, 7) is -0.0547. The molecule has 122 valence electrons. The van der Waals surface area contributed by atoms with Gasteiger partial charge >= 0.3 is 6.03 Å². The van der Waals surface area contributed by atoms with Crippen molar-refractivity contribution in [1.82, 2.24) is 10.4 Å². The number of thiophene rings is 1. The Bertz CT molecular complexity index is 661. The van der Waals surface area contributed by atoms with Crippen LogP contribution in [0.4, 0.5) is 10.5 Å². The Morgan fingerprint density at radius 1 is 1.26 bits per heavy atom. The second-order valence-corrected chi connectivity index (χ2v) is 6.60. The van der Waals surface area contributed by atoms with Crippen LogP contribution in [0.15, 0.2) is 46.3 Å². The van der Waals surface area contributed by atoms with Gasteiger partial charge in [0.15, 0.2) is 0 Å². The molecule has 2 aromatic rings. The van der Waals surface area contributed by atoms with Crippen LogP contribution in [0.1, 0.15) is 4.88 Å². The average molecular weight is 398 g/mol. The number of carbonyl (C=O) groups is 2. The minimum Gasteiger partial charge on any atom is -0.339 e. The third kappa shape index (κ3) is 4.78. The zero-order chi connectivity index (χ0) is 16.8. The number of amides is 3. The molecular formula is C15H16BrN3O3S. The van der Waals surface area contributed by atoms with Gasteiger partial charge in [-0.2, -0.15) is 5.06 Å². The lowest BCUT2D eigenvalue weighted by Crippen LogP contribution is -2.44. The smallest absolute Gasteiger partial charge is 0.339 e. The maximum Gasteiger partial charge on any atom is 0.341 e. The Morgan fingerprint density at radius 3 is 2.52 bits per heavy atom. The summed E-state index contributed by atoms with van der Waals surface area (Å²) in [5, 5.41) is 14.2. The number of halogens is 1. The molecule has 8 heteroatoms. The SMILES string of the molecule is CNC(=O)N(O)CC(=O)N(Cc1cccs1)c1ccc(Br)cc1. The summed E-state index contributed by atoms with van der Waals surface area (Å²) in [6, 6.07) is 10.4. The molecule has 0 fully saturated rings. The quantitative estimate of drug-likeness (QED) is 0.601. The minimum absolute atomic E-state index is 0.364. The van der Waals surface area contributed by atoms with Crippen LogP contribution in [-0.4, -0.2) is 35.8 Å². The number of nitrogens with zero attached hydrogens (tertiary/aromatic N) is 2. The first-order chi connectivity index (χ1) is 11.0. The molecule has 0 aliphatic carbocycles. The third-order valence-corrected chi connectivity index (χ3v) is 4.46. The molecule has 0 atom stereocenters. The number of anilines is 1. The molecule has 3 amide bonds. The molecule has 23 heavy (non-hydrogen) atoms. The molecule has 2 rings (SSSR count). The van der Waals surface area contributed by atoms with E-state index < -0.39 is 12.6 Å². The summed E-state index contributed by atoms with van der Waals surface area (Å²) < 4.78 is 0.902. The van der Waals surface area contributed by atoms with Gasteiger partial charge in [-0.3, -0.25) is 10.0 Å². The van der Waals surface area contributed by atoms with Crippen molar-refractivity contribution in [1.29, 1.82) is 0 Å². The van der Waals surface area contributed by atoms with E-state index in [-0.39, 0.29) is 5.91 Å². The molecule has 0 aliphatic rings. The van der Waals surface area contributed by atoms with Crippen molar-refractivity contribution >= 4 is 44.9 Å². The summed E-state index contributed by atoms with van der Waals surface area (Å²) in [6.07, 6.45) is 0. The lowest BCUT2D eigenvalue weighted by Gasteiger charge is -2.24. The van der Waals surface area contributed by atoms with E-state index in [2.05, 4.69) is 21.2 Å². The van der Waals surface area contributed by atoms with Crippen molar-refractivity contribution in [2.75, 3.05) is 18.5 Å². The zero-order valence-electron chi connectivity index (χ0n) is 12.4. The largest absolute Gasteiger partial charge is 0.341 e. The topological polar surface area (TPSA) is 72.9 Å². The van der Waals surface area contributed by atoms with Gasteiger partial charge in [-0.05, 0) is 35.7 Å². The van der Waals surface area contributed by atoms with Gasteiger partial charge in [-0.25, -0.2) is 4.79 Å². The fourth-order valence-electron chi connectivity index (χ4n) is 1.92. The molecule has 0 aliphatic heterocycles. The summed E-state index contributed by atoms with van der Waals surface area (Å²) in [4.78, 5) is 26.4. The molecule has 0 saturated heterocycles. The number of urea groups is 1.